The molecule has 7 heteroatoms. The number of pyridine rings is 1. The molecule has 0 unspecified atom stereocenters. The highest BCUT2D eigenvalue weighted by Gasteiger charge is 2.10. The fourth-order valence-corrected chi connectivity index (χ4v) is 2.07. The third-order valence-electron chi connectivity index (χ3n) is 3.43. The van der Waals surface area contributed by atoms with Gasteiger partial charge in [-0.05, 0) is 36.8 Å². The van der Waals surface area contributed by atoms with Gasteiger partial charge in [0.05, 0.1) is 14.2 Å². The number of nitrogens with one attached hydrogen (secondary N) is 1. The topological polar surface area (TPSA) is 86.8 Å². The lowest BCUT2D eigenvalue weighted by Gasteiger charge is -2.12. The third-order valence-corrected chi connectivity index (χ3v) is 3.43. The average molecular weight is 344 g/mol. The molecule has 25 heavy (non-hydrogen) atoms. The molecular formula is C18H20N2O5. The molecule has 2 rings (SSSR count). The summed E-state index contributed by atoms with van der Waals surface area (Å²) in [5.41, 5.74) is 1.38. The first kappa shape index (κ1) is 18.3. The van der Waals surface area contributed by atoms with Gasteiger partial charge in [0.2, 0.25) is 5.88 Å². The van der Waals surface area contributed by atoms with Gasteiger partial charge in [0.15, 0.2) is 23.9 Å². The van der Waals surface area contributed by atoms with Crippen molar-refractivity contribution in [3.8, 4) is 17.4 Å². The number of ether oxygens (including phenoxy) is 3. The van der Waals surface area contributed by atoms with Gasteiger partial charge in [-0.2, -0.15) is 0 Å². The first-order valence-corrected chi connectivity index (χ1v) is 7.61. The maximum Gasteiger partial charge on any atom is 0.258 e. The van der Waals surface area contributed by atoms with Crippen molar-refractivity contribution in [2.45, 2.75) is 13.5 Å². The second kappa shape index (κ2) is 8.68. The summed E-state index contributed by atoms with van der Waals surface area (Å²) < 4.78 is 15.7. The van der Waals surface area contributed by atoms with Crippen molar-refractivity contribution in [3.63, 3.8) is 0 Å². The number of amides is 1. The SMILES string of the molecule is COc1cc(CNC(=O)COc2ccc(C(C)=O)cc2OC)ccn1. The van der Waals surface area contributed by atoms with Crippen LogP contribution in [0.2, 0.25) is 0 Å². The third kappa shape index (κ3) is 5.20. The first-order valence-electron chi connectivity index (χ1n) is 7.61. The number of hydrogen-bond donors (Lipinski definition) is 1. The minimum absolute atomic E-state index is 0.0737. The summed E-state index contributed by atoms with van der Waals surface area (Å²) in [5, 5.41) is 2.75. The molecule has 0 atom stereocenters. The van der Waals surface area contributed by atoms with Gasteiger partial charge in [-0.25, -0.2) is 4.98 Å². The van der Waals surface area contributed by atoms with Crippen LogP contribution in [-0.2, 0) is 11.3 Å². The number of rotatable bonds is 8. The Morgan fingerprint density at radius 2 is 1.88 bits per heavy atom. The lowest BCUT2D eigenvalue weighted by atomic mass is 10.1. The molecule has 0 bridgehead atoms. The quantitative estimate of drug-likeness (QED) is 0.737. The molecule has 0 aliphatic heterocycles. The molecular weight excluding hydrogens is 324 g/mol. The average Bonchev–Trinajstić information content (AvgIpc) is 2.64. The van der Waals surface area contributed by atoms with E-state index in [1.807, 2.05) is 0 Å². The summed E-state index contributed by atoms with van der Waals surface area (Å²) in [6.45, 7) is 1.64. The number of aromatic nitrogens is 1. The van der Waals surface area contributed by atoms with Crippen molar-refractivity contribution in [3.05, 3.63) is 47.7 Å². The van der Waals surface area contributed by atoms with Crippen LogP contribution < -0.4 is 19.5 Å². The number of carbonyl (C=O) groups is 2. The molecule has 0 aliphatic carbocycles. The molecule has 1 amide bonds. The molecule has 7 nitrogen and oxygen atoms in total. The summed E-state index contributed by atoms with van der Waals surface area (Å²) in [6, 6.07) is 8.34. The van der Waals surface area contributed by atoms with Crippen molar-refractivity contribution < 1.29 is 23.8 Å². The molecule has 0 fully saturated rings. The van der Waals surface area contributed by atoms with E-state index >= 15 is 0 Å². The largest absolute Gasteiger partial charge is 0.493 e. The standard InChI is InChI=1S/C18H20N2O5/c1-12(21)14-4-5-15(16(9-14)23-2)25-11-17(22)20-10-13-6-7-19-18(8-13)24-3/h4-9H,10-11H2,1-3H3,(H,20,22). The van der Waals surface area contributed by atoms with Crippen LogP contribution in [0.15, 0.2) is 36.5 Å². The zero-order valence-electron chi connectivity index (χ0n) is 14.4. The summed E-state index contributed by atoms with van der Waals surface area (Å²) in [5.74, 6) is 0.926. The van der Waals surface area contributed by atoms with Crippen LogP contribution in [0.5, 0.6) is 17.4 Å². The van der Waals surface area contributed by atoms with Crippen LogP contribution in [0.1, 0.15) is 22.8 Å². The molecule has 1 heterocycles. The van der Waals surface area contributed by atoms with Crippen LogP contribution in [0, 0.1) is 0 Å². The molecule has 0 radical (unpaired) electrons. The van der Waals surface area contributed by atoms with Gasteiger partial charge in [0.25, 0.3) is 5.91 Å². The van der Waals surface area contributed by atoms with Crippen LogP contribution in [0.4, 0.5) is 0 Å². The van der Waals surface area contributed by atoms with E-state index in [-0.39, 0.29) is 18.3 Å². The molecule has 132 valence electrons. The van der Waals surface area contributed by atoms with E-state index in [9.17, 15) is 9.59 Å². The Labute approximate surface area is 145 Å². The number of nitrogens with zero attached hydrogens (tertiary/aromatic N) is 1. The molecule has 1 aromatic heterocycles. The Hall–Kier alpha value is -3.09. The highest BCUT2D eigenvalue weighted by Crippen LogP contribution is 2.28. The van der Waals surface area contributed by atoms with E-state index in [2.05, 4.69) is 10.3 Å². The molecule has 0 aliphatic rings. The smallest absolute Gasteiger partial charge is 0.258 e. The molecule has 0 saturated heterocycles. The lowest BCUT2D eigenvalue weighted by molar-refractivity contribution is -0.123. The predicted molar refractivity (Wildman–Crippen MR) is 91.1 cm³/mol. The van der Waals surface area contributed by atoms with Crippen LogP contribution >= 0.6 is 0 Å². The monoisotopic (exact) mass is 344 g/mol. The maximum atomic E-state index is 11.9. The minimum Gasteiger partial charge on any atom is -0.493 e. The molecule has 1 aromatic carbocycles. The van der Waals surface area contributed by atoms with Gasteiger partial charge in [-0.1, -0.05) is 0 Å². The molecule has 1 N–H and O–H groups in total. The highest BCUT2D eigenvalue weighted by molar-refractivity contribution is 5.94. The normalized spacial score (nSPS) is 10.0. The zero-order chi connectivity index (χ0) is 18.2. The van der Waals surface area contributed by atoms with Crippen molar-refractivity contribution in [2.75, 3.05) is 20.8 Å². The number of Topliss-reactive ketones (excluding diaryl/α,β-unsaturated/α-hetero) is 1. The van der Waals surface area contributed by atoms with Crippen molar-refractivity contribution >= 4 is 11.7 Å². The number of benzene rings is 1. The summed E-state index contributed by atoms with van der Waals surface area (Å²) >= 11 is 0. The Morgan fingerprint density at radius 1 is 1.08 bits per heavy atom. The van der Waals surface area contributed by atoms with E-state index in [1.54, 1.807) is 36.5 Å². The number of methoxy groups -OCH3 is 2. The molecule has 0 saturated carbocycles. The lowest BCUT2D eigenvalue weighted by Crippen LogP contribution is -2.28. The van der Waals surface area contributed by atoms with Crippen molar-refractivity contribution in [1.29, 1.82) is 0 Å². The van der Waals surface area contributed by atoms with Crippen molar-refractivity contribution in [2.24, 2.45) is 0 Å². The Morgan fingerprint density at radius 3 is 2.56 bits per heavy atom. The number of carbonyl (C=O) groups excluding carboxylic acids is 2. The van der Waals surface area contributed by atoms with E-state index in [0.717, 1.165) is 5.56 Å². The summed E-state index contributed by atoms with van der Waals surface area (Å²) in [4.78, 5) is 27.3. The van der Waals surface area contributed by atoms with E-state index < -0.39 is 0 Å². The second-order valence-electron chi connectivity index (χ2n) is 5.19. The maximum absolute atomic E-state index is 11.9. The minimum atomic E-state index is -0.284. The summed E-state index contributed by atoms with van der Waals surface area (Å²) in [7, 11) is 3.01. The van der Waals surface area contributed by atoms with Crippen LogP contribution in [-0.4, -0.2) is 37.5 Å². The van der Waals surface area contributed by atoms with Crippen molar-refractivity contribution in [1.82, 2.24) is 10.3 Å². The second-order valence-corrected chi connectivity index (χ2v) is 5.19. The van der Waals surface area contributed by atoms with Crippen LogP contribution in [0.3, 0.4) is 0 Å². The van der Waals surface area contributed by atoms with Gasteiger partial charge in [0.1, 0.15) is 0 Å². The molecule has 0 spiro atoms. The Bertz CT molecular complexity index is 761. The summed E-state index contributed by atoms with van der Waals surface area (Å²) in [6.07, 6.45) is 1.61. The Balaban J connectivity index is 1.90. The van der Waals surface area contributed by atoms with Gasteiger partial charge < -0.3 is 19.5 Å². The van der Waals surface area contributed by atoms with E-state index in [4.69, 9.17) is 14.2 Å². The molecule has 2 aromatic rings. The highest BCUT2D eigenvalue weighted by atomic mass is 16.5. The number of ketones is 1. The predicted octanol–water partition coefficient (Wildman–Crippen LogP) is 2.00. The van der Waals surface area contributed by atoms with Gasteiger partial charge in [-0.3, -0.25) is 9.59 Å². The van der Waals surface area contributed by atoms with Gasteiger partial charge in [-0.15, -0.1) is 0 Å². The number of hydrogen-bond acceptors (Lipinski definition) is 6. The van der Waals surface area contributed by atoms with Crippen LogP contribution in [0.25, 0.3) is 0 Å². The van der Waals surface area contributed by atoms with Gasteiger partial charge in [0, 0.05) is 24.4 Å². The zero-order valence-corrected chi connectivity index (χ0v) is 14.4. The van der Waals surface area contributed by atoms with Gasteiger partial charge >= 0.3 is 0 Å². The fraction of sp³-hybridized carbons (Fsp3) is 0.278. The Kier molecular flexibility index (Phi) is 6.33. The first-order chi connectivity index (χ1) is 12.0. The van der Waals surface area contributed by atoms with E-state index in [1.165, 1.54) is 21.1 Å². The fourth-order valence-electron chi connectivity index (χ4n) is 2.07. The van der Waals surface area contributed by atoms with E-state index in [0.29, 0.717) is 29.5 Å².